The van der Waals surface area contributed by atoms with Crippen LogP contribution in [0.3, 0.4) is 0 Å². The van der Waals surface area contributed by atoms with Crippen molar-refractivity contribution in [1.29, 1.82) is 0 Å². The van der Waals surface area contributed by atoms with Gasteiger partial charge in [0.25, 0.3) is 0 Å². The van der Waals surface area contributed by atoms with E-state index in [2.05, 4.69) is 35.4 Å². The fourth-order valence-corrected chi connectivity index (χ4v) is 5.70. The maximum Gasteiger partial charge on any atom is 0.219 e. The number of aliphatic imine (C=N–C) groups is 1. The molecule has 0 atom stereocenters. The molecule has 2 aromatic rings. The Morgan fingerprint density at radius 1 is 1.00 bits per heavy atom. The second kappa shape index (κ2) is 11.0. The number of benzene rings is 2. The summed E-state index contributed by atoms with van der Waals surface area (Å²) in [4.78, 5) is 24.9. The summed E-state index contributed by atoms with van der Waals surface area (Å²) in [5.41, 5.74) is 2.84. The Balaban J connectivity index is 1.58. The number of piperazine rings is 1. The highest BCUT2D eigenvalue weighted by molar-refractivity contribution is 6.41. The molecule has 8 heteroatoms. The van der Waals surface area contributed by atoms with Crippen molar-refractivity contribution in [3.63, 3.8) is 0 Å². The largest absolute Gasteiger partial charge is 0.371 e. The third-order valence-electron chi connectivity index (χ3n) is 8.04. The van der Waals surface area contributed by atoms with E-state index >= 15 is 4.39 Å². The number of hydrogen-bond acceptors (Lipinski definition) is 5. The van der Waals surface area contributed by atoms with Gasteiger partial charge in [0.15, 0.2) is 5.83 Å². The summed E-state index contributed by atoms with van der Waals surface area (Å²) in [5, 5.41) is 2.27. The maximum absolute atomic E-state index is 16.7. The highest BCUT2D eigenvalue weighted by Gasteiger charge is 2.33. The second-order valence-electron chi connectivity index (χ2n) is 10.6. The number of nitrogens with zero attached hydrogens (tertiary/aromatic N) is 5. The molecule has 3 aliphatic rings. The molecule has 0 saturated carbocycles. The van der Waals surface area contributed by atoms with Crippen LogP contribution in [0.4, 0.5) is 4.39 Å². The molecule has 0 unspecified atom stereocenters. The van der Waals surface area contributed by atoms with E-state index in [-0.39, 0.29) is 11.6 Å². The molecule has 0 radical (unpaired) electrons. The van der Waals surface area contributed by atoms with Gasteiger partial charge in [-0.2, -0.15) is 0 Å². The zero-order valence-electron chi connectivity index (χ0n) is 23.0. The van der Waals surface area contributed by atoms with Crippen LogP contribution in [0.15, 0.2) is 88.1 Å². The zero-order valence-corrected chi connectivity index (χ0v) is 23.8. The van der Waals surface area contributed by atoms with Gasteiger partial charge >= 0.3 is 0 Å². The smallest absolute Gasteiger partial charge is 0.219 e. The third kappa shape index (κ3) is 5.25. The van der Waals surface area contributed by atoms with E-state index in [9.17, 15) is 4.79 Å². The number of likely N-dealkylation sites (N-methyl/N-ethyl adjacent to an activating group) is 1. The molecule has 2 aromatic carbocycles. The molecule has 204 valence electrons. The first-order chi connectivity index (χ1) is 18.7. The topological polar surface area (TPSA) is 42.4 Å². The number of hydrogen-bond donors (Lipinski definition) is 0. The molecule has 39 heavy (non-hydrogen) atoms. The molecule has 0 N–H and O–H groups in total. The van der Waals surface area contributed by atoms with Gasteiger partial charge in [-0.1, -0.05) is 60.6 Å². The molecule has 5 rings (SSSR count). The van der Waals surface area contributed by atoms with Crippen LogP contribution in [0.5, 0.6) is 0 Å². The van der Waals surface area contributed by atoms with Crippen LogP contribution in [-0.4, -0.2) is 90.6 Å². The molecular weight excluding hydrogens is 513 g/mol. The number of rotatable bonds is 5. The minimum atomic E-state index is -0.457. The van der Waals surface area contributed by atoms with Gasteiger partial charge in [-0.15, -0.1) is 0 Å². The molecule has 0 aromatic heterocycles. The number of carbonyl (C=O) groups is 1. The standard InChI is InChI=1S/C31H35ClFN5O/c1-20(36-13-15-37(16-14-36)22(3)39)27-17-28(32)29(26-12-8-10-23-9-6-7-11-25(23)26)30(33)31(27)34-21(2)38-18-24(19-38)35(4)5/h6-12,17,24H,2,13-16,18-19H2,1,3-5H3/b27-20+,34-31+. The summed E-state index contributed by atoms with van der Waals surface area (Å²) in [7, 11) is 4.11. The average Bonchev–Trinajstić information content (AvgIpc) is 2.89. The SMILES string of the molecule is C=C(/N=C1/C(F)=C(c2cccc3ccccc23)C(Cl)=C/C1=C(/C)N1CCN(C(C)=O)CC1)N1CC(N(C)C)C1. The zero-order chi connectivity index (χ0) is 27.8. The fraction of sp³-hybridized carbons (Fsp3) is 0.355. The summed E-state index contributed by atoms with van der Waals surface area (Å²) in [5.74, 6) is 0.147. The van der Waals surface area contributed by atoms with Gasteiger partial charge in [-0.25, -0.2) is 9.38 Å². The monoisotopic (exact) mass is 547 g/mol. The lowest BCUT2D eigenvalue weighted by atomic mass is 9.90. The van der Waals surface area contributed by atoms with Crippen molar-refractivity contribution in [2.45, 2.75) is 19.9 Å². The highest BCUT2D eigenvalue weighted by atomic mass is 35.5. The quantitative estimate of drug-likeness (QED) is 0.512. The molecule has 0 bridgehead atoms. The molecule has 2 heterocycles. The normalized spacial score (nSPS) is 21.1. The Hall–Kier alpha value is -3.42. The molecule has 2 fully saturated rings. The number of halogens is 2. The first-order valence-corrected chi connectivity index (χ1v) is 13.7. The van der Waals surface area contributed by atoms with Crippen molar-refractivity contribution in [1.82, 2.24) is 19.6 Å². The van der Waals surface area contributed by atoms with E-state index in [1.807, 2.05) is 60.4 Å². The lowest BCUT2D eigenvalue weighted by Gasteiger charge is -2.44. The Kier molecular flexibility index (Phi) is 7.65. The Labute approximate surface area is 235 Å². The fourth-order valence-electron chi connectivity index (χ4n) is 5.40. The van der Waals surface area contributed by atoms with Crippen LogP contribution in [-0.2, 0) is 4.79 Å². The minimum absolute atomic E-state index is 0.0680. The van der Waals surface area contributed by atoms with Crippen molar-refractivity contribution in [3.05, 3.63) is 88.6 Å². The molecule has 6 nitrogen and oxygen atoms in total. The lowest BCUT2D eigenvalue weighted by molar-refractivity contribution is -0.130. The van der Waals surface area contributed by atoms with Gasteiger partial charge in [0, 0.05) is 69.1 Å². The number of amides is 1. The summed E-state index contributed by atoms with van der Waals surface area (Å²) in [6, 6.07) is 14.2. The maximum atomic E-state index is 16.7. The molecule has 1 amide bonds. The highest BCUT2D eigenvalue weighted by Crippen LogP contribution is 2.41. The van der Waals surface area contributed by atoms with E-state index in [1.54, 1.807) is 6.92 Å². The van der Waals surface area contributed by atoms with E-state index in [1.165, 1.54) is 0 Å². The molecule has 1 aliphatic carbocycles. The van der Waals surface area contributed by atoms with Crippen LogP contribution in [0, 0.1) is 0 Å². The first-order valence-electron chi connectivity index (χ1n) is 13.3. The first kappa shape index (κ1) is 27.2. The lowest BCUT2D eigenvalue weighted by Crippen LogP contribution is -2.56. The minimum Gasteiger partial charge on any atom is -0.371 e. The average molecular weight is 548 g/mol. The van der Waals surface area contributed by atoms with E-state index in [0.29, 0.717) is 54.2 Å². The van der Waals surface area contributed by atoms with Gasteiger partial charge in [0.2, 0.25) is 5.91 Å². The summed E-state index contributed by atoms with van der Waals surface area (Å²) in [6.07, 6.45) is 1.83. The van der Waals surface area contributed by atoms with Gasteiger partial charge in [-0.05, 0) is 43.4 Å². The van der Waals surface area contributed by atoms with Crippen molar-refractivity contribution in [3.8, 4) is 0 Å². The summed E-state index contributed by atoms with van der Waals surface area (Å²) in [6.45, 7) is 11.9. The van der Waals surface area contributed by atoms with E-state index < -0.39 is 5.83 Å². The van der Waals surface area contributed by atoms with Crippen molar-refractivity contribution >= 4 is 39.6 Å². The molecule has 2 saturated heterocycles. The van der Waals surface area contributed by atoms with Gasteiger partial charge in [0.05, 0.1) is 5.03 Å². The molecule has 0 spiro atoms. The van der Waals surface area contributed by atoms with Crippen molar-refractivity contribution < 1.29 is 9.18 Å². The number of fused-ring (bicyclic) bond motifs is 1. The third-order valence-corrected chi connectivity index (χ3v) is 8.34. The van der Waals surface area contributed by atoms with E-state index in [0.717, 1.165) is 35.1 Å². The van der Waals surface area contributed by atoms with Crippen molar-refractivity contribution in [2.24, 2.45) is 4.99 Å². The summed E-state index contributed by atoms with van der Waals surface area (Å²) >= 11 is 6.88. The predicted octanol–water partition coefficient (Wildman–Crippen LogP) is 5.25. The van der Waals surface area contributed by atoms with Gasteiger partial charge in [0.1, 0.15) is 11.5 Å². The van der Waals surface area contributed by atoms with Gasteiger partial charge < -0.3 is 19.6 Å². The van der Waals surface area contributed by atoms with Crippen LogP contribution in [0.2, 0.25) is 0 Å². The number of carbonyl (C=O) groups excluding carboxylic acids is 1. The predicted molar refractivity (Wildman–Crippen MR) is 158 cm³/mol. The van der Waals surface area contributed by atoms with Crippen LogP contribution >= 0.6 is 11.6 Å². The van der Waals surface area contributed by atoms with Crippen LogP contribution in [0.25, 0.3) is 16.3 Å². The van der Waals surface area contributed by atoms with E-state index in [4.69, 9.17) is 16.6 Å². The van der Waals surface area contributed by atoms with Gasteiger partial charge in [-0.3, -0.25) is 4.79 Å². The number of likely N-dealkylation sites (tertiary alicyclic amines) is 1. The number of allylic oxidation sites excluding steroid dienone is 6. The summed E-state index contributed by atoms with van der Waals surface area (Å²) < 4.78 is 16.7. The van der Waals surface area contributed by atoms with Crippen LogP contribution < -0.4 is 0 Å². The Morgan fingerprint density at radius 3 is 2.31 bits per heavy atom. The second-order valence-corrected chi connectivity index (χ2v) is 11.0. The van der Waals surface area contributed by atoms with Crippen LogP contribution in [0.1, 0.15) is 19.4 Å². The molecule has 2 aliphatic heterocycles. The molecular formula is C31H35ClFN5O. The Bertz CT molecular complexity index is 1440. The van der Waals surface area contributed by atoms with Crippen molar-refractivity contribution in [2.75, 3.05) is 53.4 Å². The Morgan fingerprint density at radius 2 is 1.64 bits per heavy atom.